The molecule has 3 unspecified atom stereocenters. The highest BCUT2D eigenvalue weighted by molar-refractivity contribution is 7.99. The zero-order valence-electron chi connectivity index (χ0n) is 17.9. The Hall–Kier alpha value is -2.61. The van der Waals surface area contributed by atoms with Gasteiger partial charge in [-0.3, -0.25) is 14.2 Å². The van der Waals surface area contributed by atoms with Gasteiger partial charge in [0.25, 0.3) is 5.56 Å². The van der Waals surface area contributed by atoms with Crippen molar-refractivity contribution in [3.8, 4) is 5.69 Å². The van der Waals surface area contributed by atoms with Crippen molar-refractivity contribution in [3.05, 3.63) is 46.4 Å². The van der Waals surface area contributed by atoms with Crippen LogP contribution in [0.5, 0.6) is 0 Å². The lowest BCUT2D eigenvalue weighted by Gasteiger charge is -2.29. The second-order valence-electron chi connectivity index (χ2n) is 8.75. The third kappa shape index (κ3) is 3.67. The maximum Gasteiger partial charge on any atom is 0.265 e. The summed E-state index contributed by atoms with van der Waals surface area (Å²) in [5, 5.41) is 8.82. The van der Waals surface area contributed by atoms with E-state index in [0.717, 1.165) is 17.7 Å². The molecule has 0 spiro atoms. The molecule has 7 nitrogen and oxygen atoms in total. The van der Waals surface area contributed by atoms with Crippen molar-refractivity contribution in [3.63, 3.8) is 0 Å². The van der Waals surface area contributed by atoms with E-state index in [1.165, 1.54) is 31.0 Å². The molecule has 0 radical (unpaired) electrons. The number of carbonyl (C=O) groups excluding carboxylic acids is 1. The number of benzene rings is 1. The van der Waals surface area contributed by atoms with Gasteiger partial charge in [-0.15, -0.1) is 0 Å². The van der Waals surface area contributed by atoms with Crippen LogP contribution in [-0.4, -0.2) is 37.0 Å². The summed E-state index contributed by atoms with van der Waals surface area (Å²) in [6.07, 6.45) is 6.52. The van der Waals surface area contributed by atoms with Gasteiger partial charge < -0.3 is 5.32 Å². The van der Waals surface area contributed by atoms with E-state index < -0.39 is 0 Å². The molecule has 2 aliphatic rings. The molecule has 1 aromatic carbocycles. The molecule has 1 amide bonds. The second kappa shape index (κ2) is 8.15. The summed E-state index contributed by atoms with van der Waals surface area (Å²) >= 11 is 1.54. The van der Waals surface area contributed by atoms with E-state index in [4.69, 9.17) is 4.98 Å². The van der Waals surface area contributed by atoms with Crippen LogP contribution < -0.4 is 10.9 Å². The van der Waals surface area contributed by atoms with Crippen molar-refractivity contribution in [2.24, 2.45) is 5.92 Å². The fraction of sp³-hybridized carbons (Fsp3) is 0.478. The molecule has 0 bridgehead atoms. The SMILES string of the molecule is Cc1ccccc1-n1ncc2c(=O)n3c(nc21)SCC3CC(=O)NC1CCCCC1C. The van der Waals surface area contributed by atoms with E-state index in [2.05, 4.69) is 17.3 Å². The Morgan fingerprint density at radius 2 is 2.06 bits per heavy atom. The first-order chi connectivity index (χ1) is 15.0. The van der Waals surface area contributed by atoms with E-state index >= 15 is 0 Å². The summed E-state index contributed by atoms with van der Waals surface area (Å²) in [4.78, 5) is 30.8. The number of thioether (sulfide) groups is 1. The fourth-order valence-corrected chi connectivity index (χ4v) is 5.90. The Bertz CT molecular complexity index is 1200. The number of aryl methyl sites for hydroxylation is 1. The van der Waals surface area contributed by atoms with E-state index in [1.807, 2.05) is 31.2 Å². The molecule has 1 saturated carbocycles. The summed E-state index contributed by atoms with van der Waals surface area (Å²) < 4.78 is 3.43. The molecule has 8 heteroatoms. The molecule has 1 N–H and O–H groups in total. The van der Waals surface area contributed by atoms with Gasteiger partial charge in [-0.2, -0.15) is 5.10 Å². The minimum absolute atomic E-state index is 0.0276. The van der Waals surface area contributed by atoms with Crippen molar-refractivity contribution in [1.29, 1.82) is 0 Å². The molecule has 31 heavy (non-hydrogen) atoms. The predicted molar refractivity (Wildman–Crippen MR) is 122 cm³/mol. The molecule has 3 atom stereocenters. The van der Waals surface area contributed by atoms with E-state index in [9.17, 15) is 9.59 Å². The second-order valence-corrected chi connectivity index (χ2v) is 9.74. The Labute approximate surface area is 185 Å². The Kier molecular flexibility index (Phi) is 5.33. The van der Waals surface area contributed by atoms with Crippen molar-refractivity contribution < 1.29 is 4.79 Å². The number of aromatic nitrogens is 4. The number of nitrogens with zero attached hydrogens (tertiary/aromatic N) is 4. The maximum atomic E-state index is 13.3. The first-order valence-electron chi connectivity index (χ1n) is 11.0. The maximum absolute atomic E-state index is 13.3. The summed E-state index contributed by atoms with van der Waals surface area (Å²) in [7, 11) is 0. The third-order valence-electron chi connectivity index (χ3n) is 6.59. The summed E-state index contributed by atoms with van der Waals surface area (Å²) in [6.45, 7) is 4.22. The standard InChI is InChI=1S/C23H27N5O2S/c1-14-7-3-5-9-18(14)25-20(29)11-16-13-31-23-26-21-17(22(30)27(16)23)12-24-28(21)19-10-6-4-8-15(19)2/h4,6,8,10,12,14,16,18H,3,5,7,9,11,13H2,1-2H3,(H,25,29). The quantitative estimate of drug-likeness (QED) is 0.631. The van der Waals surface area contributed by atoms with Crippen molar-refractivity contribution in [2.75, 3.05) is 5.75 Å². The summed E-state index contributed by atoms with van der Waals surface area (Å²) in [5.74, 6) is 1.22. The van der Waals surface area contributed by atoms with Gasteiger partial charge in [-0.05, 0) is 37.3 Å². The van der Waals surface area contributed by atoms with Gasteiger partial charge in [0, 0.05) is 18.2 Å². The van der Waals surface area contributed by atoms with Crippen LogP contribution in [0.3, 0.4) is 0 Å². The van der Waals surface area contributed by atoms with Gasteiger partial charge in [0.15, 0.2) is 10.8 Å². The zero-order valence-corrected chi connectivity index (χ0v) is 18.7. The highest BCUT2D eigenvalue weighted by atomic mass is 32.2. The van der Waals surface area contributed by atoms with Gasteiger partial charge in [-0.25, -0.2) is 9.67 Å². The van der Waals surface area contributed by atoms with Gasteiger partial charge in [0.05, 0.1) is 17.9 Å². The lowest BCUT2D eigenvalue weighted by Crippen LogP contribution is -2.42. The molecule has 162 valence electrons. The van der Waals surface area contributed by atoms with Crippen LogP contribution >= 0.6 is 11.8 Å². The Morgan fingerprint density at radius 3 is 2.87 bits per heavy atom. The molecule has 3 aromatic rings. The van der Waals surface area contributed by atoms with E-state index in [-0.39, 0.29) is 23.6 Å². The number of carbonyl (C=O) groups is 1. The predicted octanol–water partition coefficient (Wildman–Crippen LogP) is 3.62. The van der Waals surface area contributed by atoms with Gasteiger partial charge in [0.1, 0.15) is 5.39 Å². The smallest absolute Gasteiger partial charge is 0.265 e. The first-order valence-corrected chi connectivity index (χ1v) is 12.0. The summed E-state index contributed by atoms with van der Waals surface area (Å²) in [5.41, 5.74) is 2.43. The molecular formula is C23H27N5O2S. The first kappa shape index (κ1) is 20.3. The van der Waals surface area contributed by atoms with Crippen LogP contribution in [0.25, 0.3) is 16.7 Å². The molecule has 1 fully saturated rings. The normalized spacial score (nSPS) is 23.1. The van der Waals surface area contributed by atoms with Crippen LogP contribution in [0.15, 0.2) is 40.4 Å². The van der Waals surface area contributed by atoms with Crippen LogP contribution in [0.1, 0.15) is 50.6 Å². The summed E-state index contributed by atoms with van der Waals surface area (Å²) in [6, 6.07) is 7.99. The number of hydrogen-bond donors (Lipinski definition) is 1. The van der Waals surface area contributed by atoms with Crippen LogP contribution in [-0.2, 0) is 4.79 Å². The van der Waals surface area contributed by atoms with Crippen molar-refractivity contribution in [1.82, 2.24) is 24.6 Å². The van der Waals surface area contributed by atoms with Crippen molar-refractivity contribution in [2.45, 2.75) is 63.2 Å². The average molecular weight is 438 g/mol. The third-order valence-corrected chi connectivity index (χ3v) is 7.69. The number of para-hydroxylation sites is 1. The van der Waals surface area contributed by atoms with E-state index in [1.54, 1.807) is 15.4 Å². The molecule has 5 rings (SSSR count). The number of hydrogen-bond acceptors (Lipinski definition) is 5. The number of nitrogens with one attached hydrogen (secondary N) is 1. The monoisotopic (exact) mass is 437 g/mol. The molecule has 1 aliphatic carbocycles. The molecule has 3 heterocycles. The van der Waals surface area contributed by atoms with Crippen molar-refractivity contribution >= 4 is 28.7 Å². The number of amides is 1. The molecule has 0 saturated heterocycles. The van der Waals surface area contributed by atoms with Gasteiger partial charge in [-0.1, -0.05) is 49.7 Å². The van der Waals surface area contributed by atoms with Crippen LogP contribution in [0, 0.1) is 12.8 Å². The average Bonchev–Trinajstić information content (AvgIpc) is 3.35. The lowest BCUT2D eigenvalue weighted by atomic mass is 9.86. The Morgan fingerprint density at radius 1 is 1.26 bits per heavy atom. The number of fused-ring (bicyclic) bond motifs is 2. The highest BCUT2D eigenvalue weighted by Crippen LogP contribution is 2.34. The van der Waals surface area contributed by atoms with Gasteiger partial charge >= 0.3 is 0 Å². The molecule has 1 aliphatic heterocycles. The Balaban J connectivity index is 1.42. The van der Waals surface area contributed by atoms with Crippen LogP contribution in [0.2, 0.25) is 0 Å². The molecular weight excluding hydrogens is 410 g/mol. The minimum Gasteiger partial charge on any atom is -0.353 e. The lowest BCUT2D eigenvalue weighted by molar-refractivity contribution is -0.123. The van der Waals surface area contributed by atoms with Crippen LogP contribution in [0.4, 0.5) is 0 Å². The molecule has 2 aromatic heterocycles. The topological polar surface area (TPSA) is 81.8 Å². The largest absolute Gasteiger partial charge is 0.353 e. The highest BCUT2D eigenvalue weighted by Gasteiger charge is 2.31. The van der Waals surface area contributed by atoms with Gasteiger partial charge in [0.2, 0.25) is 5.91 Å². The number of rotatable bonds is 4. The zero-order chi connectivity index (χ0) is 21.5. The van der Waals surface area contributed by atoms with E-state index in [0.29, 0.717) is 34.3 Å². The fourth-order valence-electron chi connectivity index (χ4n) is 4.77. The minimum atomic E-state index is -0.176.